The first-order valence-corrected chi connectivity index (χ1v) is 5.74. The number of nitrogens with one attached hydrogen (secondary N) is 1. The second-order valence-electron chi connectivity index (χ2n) is 4.15. The lowest BCUT2D eigenvalue weighted by atomic mass is 10.0. The predicted molar refractivity (Wildman–Crippen MR) is 63.9 cm³/mol. The van der Waals surface area contributed by atoms with E-state index in [9.17, 15) is 0 Å². The van der Waals surface area contributed by atoms with Crippen molar-refractivity contribution in [3.05, 3.63) is 18.1 Å². The molecule has 0 spiro atoms. The number of nitrogens with zero attached hydrogens (tertiary/aromatic N) is 2. The van der Waals surface area contributed by atoms with Crippen LogP contribution in [0.15, 0.2) is 12.4 Å². The van der Waals surface area contributed by atoms with Crippen molar-refractivity contribution in [3.63, 3.8) is 0 Å². The van der Waals surface area contributed by atoms with E-state index in [-0.39, 0.29) is 0 Å². The van der Waals surface area contributed by atoms with E-state index in [4.69, 9.17) is 0 Å². The van der Waals surface area contributed by atoms with E-state index in [0.717, 1.165) is 24.4 Å². The van der Waals surface area contributed by atoms with Gasteiger partial charge in [-0.15, -0.1) is 0 Å². The molecule has 0 aliphatic carbocycles. The van der Waals surface area contributed by atoms with Gasteiger partial charge in [-0.1, -0.05) is 27.7 Å². The quantitative estimate of drug-likeness (QED) is 0.806. The Morgan fingerprint density at radius 3 is 2.53 bits per heavy atom. The highest BCUT2D eigenvalue weighted by Gasteiger charge is 2.11. The Morgan fingerprint density at radius 2 is 2.00 bits per heavy atom. The van der Waals surface area contributed by atoms with Gasteiger partial charge in [0.25, 0.3) is 0 Å². The van der Waals surface area contributed by atoms with E-state index < -0.39 is 0 Å². The Bertz CT molecular complexity index is 297. The number of aryl methyl sites for hydroxylation is 1. The smallest absolute Gasteiger partial charge is 0.129 e. The molecule has 0 aliphatic heterocycles. The van der Waals surface area contributed by atoms with Crippen LogP contribution in [0.1, 0.15) is 39.8 Å². The minimum Gasteiger partial charge on any atom is -0.367 e. The van der Waals surface area contributed by atoms with Gasteiger partial charge in [0.1, 0.15) is 12.1 Å². The van der Waals surface area contributed by atoms with Crippen LogP contribution in [-0.4, -0.2) is 16.0 Å². The van der Waals surface area contributed by atoms with E-state index in [0.29, 0.717) is 12.0 Å². The molecule has 0 bridgehead atoms. The topological polar surface area (TPSA) is 37.8 Å². The highest BCUT2D eigenvalue weighted by atomic mass is 15.0. The van der Waals surface area contributed by atoms with Gasteiger partial charge in [-0.2, -0.15) is 0 Å². The lowest BCUT2D eigenvalue weighted by Gasteiger charge is -2.21. The molecule has 0 radical (unpaired) electrons. The van der Waals surface area contributed by atoms with E-state index in [1.54, 1.807) is 6.33 Å². The molecule has 0 saturated heterocycles. The van der Waals surface area contributed by atoms with Crippen molar-refractivity contribution in [1.29, 1.82) is 0 Å². The maximum absolute atomic E-state index is 4.24. The Hall–Kier alpha value is -1.12. The molecule has 15 heavy (non-hydrogen) atoms. The zero-order valence-corrected chi connectivity index (χ0v) is 10.1. The Morgan fingerprint density at radius 1 is 1.27 bits per heavy atom. The Kier molecular flexibility index (Phi) is 4.53. The van der Waals surface area contributed by atoms with Crippen LogP contribution in [0.3, 0.4) is 0 Å². The summed E-state index contributed by atoms with van der Waals surface area (Å²) in [6, 6.07) is 2.52. The zero-order valence-electron chi connectivity index (χ0n) is 10.1. The normalized spacial score (nSPS) is 12.9. The van der Waals surface area contributed by atoms with Crippen molar-refractivity contribution in [2.24, 2.45) is 5.92 Å². The van der Waals surface area contributed by atoms with Gasteiger partial charge in [0, 0.05) is 17.8 Å². The first-order chi connectivity index (χ1) is 7.17. The fourth-order valence-corrected chi connectivity index (χ4v) is 1.60. The van der Waals surface area contributed by atoms with Crippen LogP contribution >= 0.6 is 0 Å². The first-order valence-electron chi connectivity index (χ1n) is 5.74. The summed E-state index contributed by atoms with van der Waals surface area (Å²) in [4.78, 5) is 8.42. The maximum atomic E-state index is 4.24. The molecule has 1 rings (SSSR count). The fraction of sp³-hybridized carbons (Fsp3) is 0.667. The van der Waals surface area contributed by atoms with Crippen LogP contribution in [0.4, 0.5) is 5.82 Å². The molecule has 0 saturated carbocycles. The zero-order chi connectivity index (χ0) is 11.3. The largest absolute Gasteiger partial charge is 0.367 e. The lowest BCUT2D eigenvalue weighted by Crippen LogP contribution is -2.25. The molecule has 84 valence electrons. The summed E-state index contributed by atoms with van der Waals surface area (Å²) in [6.45, 7) is 8.75. The maximum Gasteiger partial charge on any atom is 0.129 e. The first kappa shape index (κ1) is 12.0. The van der Waals surface area contributed by atoms with E-state index in [1.165, 1.54) is 0 Å². The van der Waals surface area contributed by atoms with Crippen molar-refractivity contribution >= 4 is 5.82 Å². The SMILES string of the molecule is CCc1cc(NC(CC)C(C)C)ncn1. The van der Waals surface area contributed by atoms with Crippen LogP contribution < -0.4 is 5.32 Å². The van der Waals surface area contributed by atoms with Crippen LogP contribution in [-0.2, 0) is 6.42 Å². The van der Waals surface area contributed by atoms with Gasteiger partial charge in [0.05, 0.1) is 0 Å². The second-order valence-corrected chi connectivity index (χ2v) is 4.15. The molecule has 1 atom stereocenters. The molecule has 1 aromatic heterocycles. The molecule has 1 aromatic rings. The molecular formula is C12H21N3. The summed E-state index contributed by atoms with van der Waals surface area (Å²) in [7, 11) is 0. The van der Waals surface area contributed by atoms with Crippen molar-refractivity contribution in [2.45, 2.75) is 46.6 Å². The fourth-order valence-electron chi connectivity index (χ4n) is 1.60. The minimum absolute atomic E-state index is 0.490. The minimum atomic E-state index is 0.490. The molecular weight excluding hydrogens is 186 g/mol. The highest BCUT2D eigenvalue weighted by molar-refractivity contribution is 5.36. The molecule has 0 aromatic carbocycles. The van der Waals surface area contributed by atoms with Crippen LogP contribution in [0, 0.1) is 5.92 Å². The summed E-state index contributed by atoms with van der Waals surface area (Å²) in [5.74, 6) is 1.57. The van der Waals surface area contributed by atoms with Crippen LogP contribution in [0.5, 0.6) is 0 Å². The third-order valence-corrected chi connectivity index (χ3v) is 2.66. The van der Waals surface area contributed by atoms with E-state index >= 15 is 0 Å². The van der Waals surface area contributed by atoms with E-state index in [1.807, 2.05) is 6.07 Å². The molecule has 1 N–H and O–H groups in total. The third kappa shape index (κ3) is 3.50. The van der Waals surface area contributed by atoms with Crippen molar-refractivity contribution < 1.29 is 0 Å². The average molecular weight is 207 g/mol. The molecule has 0 aliphatic rings. The summed E-state index contributed by atoms with van der Waals surface area (Å²) in [5.41, 5.74) is 1.09. The van der Waals surface area contributed by atoms with Gasteiger partial charge in [-0.25, -0.2) is 9.97 Å². The monoisotopic (exact) mass is 207 g/mol. The third-order valence-electron chi connectivity index (χ3n) is 2.66. The van der Waals surface area contributed by atoms with Crippen LogP contribution in [0.25, 0.3) is 0 Å². The van der Waals surface area contributed by atoms with Gasteiger partial charge in [-0.3, -0.25) is 0 Å². The molecule has 1 heterocycles. The van der Waals surface area contributed by atoms with Crippen LogP contribution in [0.2, 0.25) is 0 Å². The lowest BCUT2D eigenvalue weighted by molar-refractivity contribution is 0.509. The summed E-state index contributed by atoms with van der Waals surface area (Å²) >= 11 is 0. The van der Waals surface area contributed by atoms with Gasteiger partial charge >= 0.3 is 0 Å². The Labute approximate surface area is 92.3 Å². The number of hydrogen-bond donors (Lipinski definition) is 1. The van der Waals surface area contributed by atoms with Crippen molar-refractivity contribution in [1.82, 2.24) is 9.97 Å². The van der Waals surface area contributed by atoms with Crippen molar-refractivity contribution in [3.8, 4) is 0 Å². The van der Waals surface area contributed by atoms with E-state index in [2.05, 4.69) is 43.0 Å². The van der Waals surface area contributed by atoms with Gasteiger partial charge in [0.15, 0.2) is 0 Å². The number of rotatable bonds is 5. The van der Waals surface area contributed by atoms with Gasteiger partial charge < -0.3 is 5.32 Å². The number of anilines is 1. The number of aromatic nitrogens is 2. The second kappa shape index (κ2) is 5.69. The predicted octanol–water partition coefficient (Wildman–Crippen LogP) is 2.89. The highest BCUT2D eigenvalue weighted by Crippen LogP contribution is 2.13. The molecule has 1 unspecified atom stereocenters. The van der Waals surface area contributed by atoms with Gasteiger partial charge in [0.2, 0.25) is 0 Å². The van der Waals surface area contributed by atoms with Gasteiger partial charge in [-0.05, 0) is 18.8 Å². The number of hydrogen-bond acceptors (Lipinski definition) is 3. The Balaban J connectivity index is 2.70. The molecule has 0 amide bonds. The average Bonchev–Trinajstić information content (AvgIpc) is 2.25. The summed E-state index contributed by atoms with van der Waals surface area (Å²) in [5, 5.41) is 3.45. The molecule has 3 heteroatoms. The molecule has 3 nitrogen and oxygen atoms in total. The summed E-state index contributed by atoms with van der Waals surface area (Å²) in [6.07, 6.45) is 3.70. The van der Waals surface area contributed by atoms with Crippen molar-refractivity contribution in [2.75, 3.05) is 5.32 Å². The molecule has 0 fully saturated rings. The standard InChI is InChI=1S/C12H21N3/c1-5-10-7-12(14-8-13-10)15-11(6-2)9(3)4/h7-9,11H,5-6H2,1-4H3,(H,13,14,15). The summed E-state index contributed by atoms with van der Waals surface area (Å²) < 4.78 is 0.